The minimum Gasteiger partial charge on any atom is -0.373 e. The van der Waals surface area contributed by atoms with Gasteiger partial charge in [-0.15, -0.1) is 0 Å². The van der Waals surface area contributed by atoms with Gasteiger partial charge in [-0.25, -0.2) is 9.37 Å². The molecule has 2 fully saturated rings. The van der Waals surface area contributed by atoms with Crippen LogP contribution in [0.15, 0.2) is 18.2 Å². The highest BCUT2D eigenvalue weighted by molar-refractivity contribution is 5.78. The zero-order valence-electron chi connectivity index (χ0n) is 9.84. The van der Waals surface area contributed by atoms with E-state index in [1.54, 1.807) is 6.07 Å². The number of halogens is 1. The fourth-order valence-corrected chi connectivity index (χ4v) is 3.32. The van der Waals surface area contributed by atoms with E-state index in [2.05, 4.69) is 4.98 Å². The molecule has 94 valence electrons. The van der Waals surface area contributed by atoms with E-state index in [1.807, 2.05) is 4.57 Å². The molecule has 3 unspecified atom stereocenters. The van der Waals surface area contributed by atoms with Crippen molar-refractivity contribution in [2.45, 2.75) is 37.5 Å². The lowest BCUT2D eigenvalue weighted by molar-refractivity contribution is 0.0945. The number of nitrogens with zero attached hydrogens (tertiary/aromatic N) is 2. The Bertz CT molecular complexity index is 624. The molecule has 2 aliphatic rings. The molecule has 1 aromatic heterocycles. The highest BCUT2D eigenvalue weighted by Crippen LogP contribution is 2.43. The van der Waals surface area contributed by atoms with Crippen LogP contribution in [0.4, 0.5) is 10.3 Å². The molecule has 0 aliphatic carbocycles. The van der Waals surface area contributed by atoms with E-state index in [0.29, 0.717) is 17.6 Å². The van der Waals surface area contributed by atoms with Gasteiger partial charge >= 0.3 is 0 Å². The van der Waals surface area contributed by atoms with Crippen molar-refractivity contribution in [3.63, 3.8) is 0 Å². The van der Waals surface area contributed by atoms with Crippen molar-refractivity contribution in [3.8, 4) is 0 Å². The Balaban J connectivity index is 1.87. The summed E-state index contributed by atoms with van der Waals surface area (Å²) in [6, 6.07) is 4.88. The molecule has 4 nitrogen and oxygen atoms in total. The van der Waals surface area contributed by atoms with Gasteiger partial charge in [-0.05, 0) is 31.4 Å². The minimum absolute atomic E-state index is 0.236. The maximum atomic E-state index is 13.2. The molecule has 0 amide bonds. The lowest BCUT2D eigenvalue weighted by atomic mass is 9.95. The van der Waals surface area contributed by atoms with E-state index in [-0.39, 0.29) is 18.0 Å². The third-order valence-electron chi connectivity index (χ3n) is 4.08. The fraction of sp³-hybridized carbons (Fsp3) is 0.462. The van der Waals surface area contributed by atoms with Gasteiger partial charge in [0.2, 0.25) is 5.95 Å². The van der Waals surface area contributed by atoms with Crippen LogP contribution in [0.3, 0.4) is 0 Å². The first kappa shape index (κ1) is 10.3. The average molecular weight is 247 g/mol. The third kappa shape index (κ3) is 1.31. The first-order valence-corrected chi connectivity index (χ1v) is 6.31. The number of anilines is 1. The van der Waals surface area contributed by atoms with Gasteiger partial charge in [-0.2, -0.15) is 0 Å². The quantitative estimate of drug-likeness (QED) is 0.840. The van der Waals surface area contributed by atoms with Crippen LogP contribution >= 0.6 is 0 Å². The number of ether oxygens (including phenoxy) is 1. The van der Waals surface area contributed by atoms with E-state index in [4.69, 9.17) is 10.5 Å². The summed E-state index contributed by atoms with van der Waals surface area (Å²) in [5.41, 5.74) is 7.51. The monoisotopic (exact) mass is 247 g/mol. The molecule has 2 N–H and O–H groups in total. The minimum atomic E-state index is -0.281. The van der Waals surface area contributed by atoms with Gasteiger partial charge < -0.3 is 15.0 Å². The van der Waals surface area contributed by atoms with Crippen LogP contribution in [0.5, 0.6) is 0 Å². The third-order valence-corrected chi connectivity index (χ3v) is 4.08. The smallest absolute Gasteiger partial charge is 0.201 e. The molecule has 18 heavy (non-hydrogen) atoms. The van der Waals surface area contributed by atoms with Crippen molar-refractivity contribution >= 4 is 17.0 Å². The van der Waals surface area contributed by atoms with Crippen molar-refractivity contribution in [2.24, 2.45) is 0 Å². The van der Waals surface area contributed by atoms with Crippen LogP contribution in [0, 0.1) is 5.82 Å². The second-order valence-electron chi connectivity index (χ2n) is 5.15. The van der Waals surface area contributed by atoms with Crippen LogP contribution in [-0.4, -0.2) is 21.8 Å². The topological polar surface area (TPSA) is 53.1 Å². The van der Waals surface area contributed by atoms with E-state index >= 15 is 0 Å². The molecule has 2 saturated heterocycles. The molecule has 5 heteroatoms. The lowest BCUT2D eigenvalue weighted by Gasteiger charge is -2.21. The van der Waals surface area contributed by atoms with Crippen LogP contribution < -0.4 is 5.73 Å². The SMILES string of the molecule is Nc1nc2cc(F)ccc2n1C1CC2CCC1O2. The molecular formula is C13H14FN3O. The maximum Gasteiger partial charge on any atom is 0.201 e. The van der Waals surface area contributed by atoms with Gasteiger partial charge in [0.1, 0.15) is 5.82 Å². The van der Waals surface area contributed by atoms with E-state index in [1.165, 1.54) is 12.1 Å². The Morgan fingerprint density at radius 1 is 1.39 bits per heavy atom. The fourth-order valence-electron chi connectivity index (χ4n) is 3.32. The standard InChI is InChI=1S/C13H14FN3O/c14-7-1-3-10-9(5-7)16-13(15)17(10)11-6-8-2-4-12(11)18-8/h1,3,5,8,11-12H,2,4,6H2,(H2,15,16). The molecule has 0 radical (unpaired) electrons. The van der Waals surface area contributed by atoms with Gasteiger partial charge in [-0.3, -0.25) is 0 Å². The summed E-state index contributed by atoms with van der Waals surface area (Å²) >= 11 is 0. The lowest BCUT2D eigenvalue weighted by Crippen LogP contribution is -2.22. The molecule has 2 bridgehead atoms. The summed E-state index contributed by atoms with van der Waals surface area (Å²) in [5, 5.41) is 0. The summed E-state index contributed by atoms with van der Waals surface area (Å²) < 4.78 is 21.1. The number of aromatic nitrogens is 2. The number of nitrogens with two attached hydrogens (primary N) is 1. The Morgan fingerprint density at radius 2 is 2.28 bits per heavy atom. The summed E-state index contributed by atoms with van der Waals surface area (Å²) in [6.45, 7) is 0. The Labute approximate surface area is 104 Å². The number of rotatable bonds is 1. The summed E-state index contributed by atoms with van der Waals surface area (Å²) in [5.74, 6) is 0.174. The van der Waals surface area contributed by atoms with E-state index in [9.17, 15) is 4.39 Å². The number of imidazole rings is 1. The Hall–Kier alpha value is -1.62. The summed E-state index contributed by atoms with van der Waals surface area (Å²) in [6.07, 6.45) is 3.80. The molecule has 1 aromatic carbocycles. The van der Waals surface area contributed by atoms with Gasteiger partial charge in [0.05, 0.1) is 29.3 Å². The first-order chi connectivity index (χ1) is 8.72. The van der Waals surface area contributed by atoms with Crippen LogP contribution in [0.25, 0.3) is 11.0 Å². The van der Waals surface area contributed by atoms with Crippen molar-refractivity contribution in [1.29, 1.82) is 0 Å². The first-order valence-electron chi connectivity index (χ1n) is 6.31. The van der Waals surface area contributed by atoms with Crippen LogP contribution in [0.1, 0.15) is 25.3 Å². The highest BCUT2D eigenvalue weighted by atomic mass is 19.1. The molecule has 4 rings (SSSR count). The zero-order chi connectivity index (χ0) is 12.3. The van der Waals surface area contributed by atoms with Crippen molar-refractivity contribution in [3.05, 3.63) is 24.0 Å². The molecule has 0 spiro atoms. The average Bonchev–Trinajstić information content (AvgIpc) is 3.00. The molecule has 2 aliphatic heterocycles. The van der Waals surface area contributed by atoms with Gasteiger partial charge in [0, 0.05) is 6.07 Å². The number of fused-ring (bicyclic) bond motifs is 3. The summed E-state index contributed by atoms with van der Waals surface area (Å²) in [4.78, 5) is 4.25. The van der Waals surface area contributed by atoms with Gasteiger partial charge in [0.15, 0.2) is 0 Å². The second-order valence-corrected chi connectivity index (χ2v) is 5.15. The molecule has 2 aromatic rings. The molecule has 3 atom stereocenters. The van der Waals surface area contributed by atoms with Crippen LogP contribution in [-0.2, 0) is 4.74 Å². The zero-order valence-corrected chi connectivity index (χ0v) is 9.84. The predicted octanol–water partition coefficient (Wildman–Crippen LogP) is 2.25. The normalized spacial score (nSPS) is 30.4. The maximum absolute atomic E-state index is 13.2. The molecule has 0 saturated carbocycles. The number of benzene rings is 1. The van der Waals surface area contributed by atoms with E-state index in [0.717, 1.165) is 24.8 Å². The number of hydrogen-bond acceptors (Lipinski definition) is 3. The molecule has 3 heterocycles. The van der Waals surface area contributed by atoms with Crippen molar-refractivity contribution < 1.29 is 9.13 Å². The number of hydrogen-bond donors (Lipinski definition) is 1. The van der Waals surface area contributed by atoms with E-state index < -0.39 is 0 Å². The van der Waals surface area contributed by atoms with Gasteiger partial charge in [0.25, 0.3) is 0 Å². The van der Waals surface area contributed by atoms with Crippen LogP contribution in [0.2, 0.25) is 0 Å². The second kappa shape index (κ2) is 3.45. The summed E-state index contributed by atoms with van der Waals surface area (Å²) in [7, 11) is 0. The Morgan fingerprint density at radius 3 is 3.00 bits per heavy atom. The highest BCUT2D eigenvalue weighted by Gasteiger charge is 2.42. The van der Waals surface area contributed by atoms with Crippen molar-refractivity contribution in [2.75, 3.05) is 5.73 Å². The largest absolute Gasteiger partial charge is 0.373 e. The van der Waals surface area contributed by atoms with Gasteiger partial charge in [-0.1, -0.05) is 0 Å². The number of nitrogen functional groups attached to an aromatic ring is 1. The van der Waals surface area contributed by atoms with Crippen molar-refractivity contribution in [1.82, 2.24) is 9.55 Å². The molecular weight excluding hydrogens is 233 g/mol. The predicted molar refractivity (Wildman–Crippen MR) is 65.7 cm³/mol. The Kier molecular flexibility index (Phi) is 1.97.